The number of esters is 1. The van der Waals surface area contributed by atoms with E-state index >= 15 is 0 Å². The van der Waals surface area contributed by atoms with Crippen molar-refractivity contribution in [2.24, 2.45) is 5.73 Å². The van der Waals surface area contributed by atoms with Crippen molar-refractivity contribution in [1.29, 1.82) is 0 Å². The van der Waals surface area contributed by atoms with E-state index in [1.165, 1.54) is 161 Å². The predicted octanol–water partition coefficient (Wildman–Crippen LogP) is 13.2. The zero-order chi connectivity index (χ0) is 38.1. The third kappa shape index (κ3) is 40.0. The Labute approximate surface area is 321 Å². The maximum absolute atomic E-state index is 12.6. The van der Waals surface area contributed by atoms with Crippen LogP contribution in [0.25, 0.3) is 0 Å². The van der Waals surface area contributed by atoms with Gasteiger partial charge in [0, 0.05) is 13.0 Å². The first-order valence-electron chi connectivity index (χ1n) is 21.9. The van der Waals surface area contributed by atoms with Gasteiger partial charge in [-0.2, -0.15) is 0 Å². The van der Waals surface area contributed by atoms with Crippen molar-refractivity contribution in [1.82, 2.24) is 0 Å². The van der Waals surface area contributed by atoms with Crippen LogP contribution in [0.15, 0.2) is 24.5 Å². The smallest absolute Gasteiger partial charge is 0.472 e. The first-order chi connectivity index (χ1) is 25.4. The van der Waals surface area contributed by atoms with Gasteiger partial charge in [0.05, 0.1) is 19.5 Å². The monoisotopic (exact) mass is 758 g/mol. The number of rotatable bonds is 42. The van der Waals surface area contributed by atoms with Gasteiger partial charge >= 0.3 is 13.8 Å². The molecule has 1 unspecified atom stereocenters. The molecule has 9 heteroatoms. The lowest BCUT2D eigenvalue weighted by molar-refractivity contribution is -0.153. The minimum absolute atomic E-state index is 0.0331. The number of hydrogen-bond acceptors (Lipinski definition) is 7. The summed E-state index contributed by atoms with van der Waals surface area (Å²) in [6.45, 7) is 4.25. The summed E-state index contributed by atoms with van der Waals surface area (Å²) in [5.41, 5.74) is 5.36. The number of phosphoric ester groups is 1. The molecule has 0 aromatic rings. The number of carbonyl (C=O) groups excluding carboxylic acids is 1. The van der Waals surface area contributed by atoms with Gasteiger partial charge < -0.3 is 20.1 Å². The average Bonchev–Trinajstić information content (AvgIpc) is 3.13. The normalized spacial score (nSPS) is 13.6. The molecule has 0 bridgehead atoms. The number of ether oxygens (including phenoxy) is 2. The number of nitrogens with two attached hydrogens (primary N) is 1. The third-order valence-electron chi connectivity index (χ3n) is 9.44. The number of phosphoric acid groups is 1. The Morgan fingerprint density at radius 2 is 0.981 bits per heavy atom. The van der Waals surface area contributed by atoms with Gasteiger partial charge in [-0.05, 0) is 51.0 Å². The Kier molecular flexibility index (Phi) is 40.1. The highest BCUT2D eigenvalue weighted by molar-refractivity contribution is 7.47. The minimum atomic E-state index is -4.29. The molecule has 0 aliphatic carbocycles. The van der Waals surface area contributed by atoms with Crippen LogP contribution in [0.5, 0.6) is 0 Å². The van der Waals surface area contributed by atoms with Crippen molar-refractivity contribution in [2.75, 3.05) is 26.4 Å². The molecular weight excluding hydrogens is 673 g/mol. The van der Waals surface area contributed by atoms with E-state index in [0.29, 0.717) is 6.42 Å². The molecule has 0 radical (unpaired) electrons. The summed E-state index contributed by atoms with van der Waals surface area (Å²) in [6.07, 6.45) is 45.7. The van der Waals surface area contributed by atoms with E-state index in [-0.39, 0.29) is 32.3 Å². The lowest BCUT2D eigenvalue weighted by Gasteiger charge is -2.19. The molecule has 0 spiro atoms. The Balaban J connectivity index is 4.05. The standard InChI is InChI=1S/C43H84NO7P/c1-3-5-7-9-11-13-15-17-19-21-22-24-26-28-30-32-34-36-43(45)51-42(41-50-52(46,47)49-39-37-44)40-48-38-35-33-31-29-27-25-23-20-18-16-14-12-10-8-6-4-2/h14,16,35,38,42H,3-13,15,17-34,36-37,39-41,44H2,1-2H3,(H,46,47)/t42-/m1/s1. The van der Waals surface area contributed by atoms with E-state index in [2.05, 4.69) is 26.0 Å². The highest BCUT2D eigenvalue weighted by Crippen LogP contribution is 2.43. The number of hydrogen-bond donors (Lipinski definition) is 2. The van der Waals surface area contributed by atoms with E-state index in [4.69, 9.17) is 24.3 Å². The summed E-state index contributed by atoms with van der Waals surface area (Å²) >= 11 is 0. The van der Waals surface area contributed by atoms with Crippen molar-refractivity contribution in [3.63, 3.8) is 0 Å². The van der Waals surface area contributed by atoms with Gasteiger partial charge in [-0.15, -0.1) is 0 Å². The second kappa shape index (κ2) is 41.0. The van der Waals surface area contributed by atoms with Crippen LogP contribution in [0.1, 0.15) is 213 Å². The summed E-state index contributed by atoms with van der Waals surface area (Å²) in [5, 5.41) is 0. The van der Waals surface area contributed by atoms with Gasteiger partial charge in [-0.25, -0.2) is 4.57 Å². The number of unbranched alkanes of at least 4 members (excludes halogenated alkanes) is 27. The number of allylic oxidation sites excluding steroid dienone is 3. The summed E-state index contributed by atoms with van der Waals surface area (Å²) in [5.74, 6) is -0.351. The molecule has 0 amide bonds. The summed E-state index contributed by atoms with van der Waals surface area (Å²) < 4.78 is 33.2. The number of carbonyl (C=O) groups is 1. The quantitative estimate of drug-likeness (QED) is 0.0208. The van der Waals surface area contributed by atoms with Crippen LogP contribution in [0.4, 0.5) is 0 Å². The van der Waals surface area contributed by atoms with Gasteiger partial charge in [0.15, 0.2) is 6.10 Å². The van der Waals surface area contributed by atoms with Gasteiger partial charge in [0.1, 0.15) is 6.61 Å². The first-order valence-corrected chi connectivity index (χ1v) is 23.4. The van der Waals surface area contributed by atoms with Crippen molar-refractivity contribution < 1.29 is 32.8 Å². The first kappa shape index (κ1) is 50.8. The molecule has 3 N–H and O–H groups in total. The molecule has 8 nitrogen and oxygen atoms in total. The largest absolute Gasteiger partial charge is 0.498 e. The van der Waals surface area contributed by atoms with Gasteiger partial charge in [-0.3, -0.25) is 13.8 Å². The molecule has 0 aromatic heterocycles. The van der Waals surface area contributed by atoms with E-state index in [1.54, 1.807) is 6.26 Å². The summed E-state index contributed by atoms with van der Waals surface area (Å²) in [6, 6.07) is 0. The Bertz CT molecular complexity index is 853. The fourth-order valence-electron chi connectivity index (χ4n) is 6.19. The molecule has 52 heavy (non-hydrogen) atoms. The molecule has 0 rings (SSSR count). The lowest BCUT2D eigenvalue weighted by Crippen LogP contribution is -2.27. The SMILES string of the molecule is CCCCCCC=CCCCCCCCCC=COC[C@H](COP(=O)(O)OCCN)OC(=O)CCCCCCCCCCCCCCCCCCC. The van der Waals surface area contributed by atoms with E-state index in [9.17, 15) is 14.3 Å². The van der Waals surface area contributed by atoms with Crippen LogP contribution in [0.2, 0.25) is 0 Å². The molecule has 0 saturated heterocycles. The maximum Gasteiger partial charge on any atom is 0.472 e. The predicted molar refractivity (Wildman–Crippen MR) is 219 cm³/mol. The summed E-state index contributed by atoms with van der Waals surface area (Å²) in [7, 11) is -4.29. The fraction of sp³-hybridized carbons (Fsp3) is 0.884. The molecular formula is C43H84NO7P. The van der Waals surface area contributed by atoms with E-state index in [0.717, 1.165) is 32.1 Å². The van der Waals surface area contributed by atoms with Crippen LogP contribution in [-0.2, 0) is 27.9 Å². The van der Waals surface area contributed by atoms with Crippen molar-refractivity contribution in [3.05, 3.63) is 24.5 Å². The minimum Gasteiger partial charge on any atom is -0.498 e. The van der Waals surface area contributed by atoms with Crippen LogP contribution >= 0.6 is 7.82 Å². The molecule has 0 aliphatic heterocycles. The van der Waals surface area contributed by atoms with Crippen molar-refractivity contribution in [3.8, 4) is 0 Å². The fourth-order valence-corrected chi connectivity index (χ4v) is 6.96. The van der Waals surface area contributed by atoms with Gasteiger partial charge in [0.2, 0.25) is 0 Å². The zero-order valence-corrected chi connectivity index (χ0v) is 35.0. The van der Waals surface area contributed by atoms with Crippen LogP contribution in [0.3, 0.4) is 0 Å². The summed E-state index contributed by atoms with van der Waals surface area (Å²) in [4.78, 5) is 22.4. The second-order valence-electron chi connectivity index (χ2n) is 14.6. The van der Waals surface area contributed by atoms with Crippen molar-refractivity contribution in [2.45, 2.75) is 219 Å². The molecule has 0 fully saturated rings. The Morgan fingerprint density at radius 1 is 0.577 bits per heavy atom. The highest BCUT2D eigenvalue weighted by Gasteiger charge is 2.25. The average molecular weight is 758 g/mol. The Morgan fingerprint density at radius 3 is 1.44 bits per heavy atom. The topological polar surface area (TPSA) is 117 Å². The van der Waals surface area contributed by atoms with E-state index < -0.39 is 13.9 Å². The molecule has 0 saturated carbocycles. The van der Waals surface area contributed by atoms with Crippen LogP contribution in [-0.4, -0.2) is 43.3 Å². The van der Waals surface area contributed by atoms with Gasteiger partial charge in [-0.1, -0.05) is 174 Å². The zero-order valence-electron chi connectivity index (χ0n) is 34.1. The van der Waals surface area contributed by atoms with Crippen molar-refractivity contribution >= 4 is 13.8 Å². The van der Waals surface area contributed by atoms with Gasteiger partial charge in [0.25, 0.3) is 0 Å². The van der Waals surface area contributed by atoms with Crippen LogP contribution in [0, 0.1) is 0 Å². The molecule has 0 aromatic carbocycles. The molecule has 2 atom stereocenters. The van der Waals surface area contributed by atoms with E-state index in [1.807, 2.05) is 6.08 Å². The molecule has 308 valence electrons. The molecule has 0 aliphatic rings. The maximum atomic E-state index is 12.6. The molecule has 0 heterocycles. The Hall–Kier alpha value is -1.18. The highest BCUT2D eigenvalue weighted by atomic mass is 31.2. The third-order valence-corrected chi connectivity index (χ3v) is 10.4. The van der Waals surface area contributed by atoms with Crippen LogP contribution < -0.4 is 5.73 Å². The second-order valence-corrected chi connectivity index (χ2v) is 16.1. The lowest BCUT2D eigenvalue weighted by atomic mass is 10.0.